The van der Waals surface area contributed by atoms with Gasteiger partial charge in [0.05, 0.1) is 18.1 Å². The summed E-state index contributed by atoms with van der Waals surface area (Å²) in [6.07, 6.45) is 7.20. The van der Waals surface area contributed by atoms with E-state index >= 15 is 0 Å². The lowest BCUT2D eigenvalue weighted by Gasteiger charge is -2.40. The summed E-state index contributed by atoms with van der Waals surface area (Å²) in [6, 6.07) is 3.67. The molecular formula is C19H19BrFN5. The predicted molar refractivity (Wildman–Crippen MR) is 101 cm³/mol. The minimum absolute atomic E-state index is 0.223. The summed E-state index contributed by atoms with van der Waals surface area (Å²) in [5, 5.41) is 4.40. The lowest BCUT2D eigenvalue weighted by Crippen LogP contribution is -2.41. The van der Waals surface area contributed by atoms with Gasteiger partial charge in [-0.25, -0.2) is 13.9 Å². The van der Waals surface area contributed by atoms with E-state index in [1.165, 1.54) is 6.20 Å². The molecule has 7 heteroatoms. The van der Waals surface area contributed by atoms with Crippen molar-refractivity contribution < 1.29 is 4.39 Å². The Labute approximate surface area is 159 Å². The van der Waals surface area contributed by atoms with Gasteiger partial charge < -0.3 is 4.90 Å². The first-order valence-electron chi connectivity index (χ1n) is 8.93. The summed E-state index contributed by atoms with van der Waals surface area (Å²) in [5.74, 6) is 0.772. The number of aromatic nitrogens is 4. The highest BCUT2D eigenvalue weighted by Crippen LogP contribution is 2.45. The maximum Gasteiger partial charge on any atom is 0.155 e. The zero-order valence-corrected chi connectivity index (χ0v) is 16.1. The van der Waals surface area contributed by atoms with Crippen LogP contribution in [0.1, 0.15) is 29.8 Å². The van der Waals surface area contributed by atoms with Crippen LogP contribution in [0.25, 0.3) is 5.52 Å². The van der Waals surface area contributed by atoms with Gasteiger partial charge in [-0.05, 0) is 71.6 Å². The van der Waals surface area contributed by atoms with E-state index in [0.717, 1.165) is 71.7 Å². The van der Waals surface area contributed by atoms with Crippen LogP contribution in [0.15, 0.2) is 29.1 Å². The molecule has 0 bridgehead atoms. The SMILES string of the molecule is Cc1nc(N2CCC3(CC2)Cc2cc(F)cnc2C3)c2ccnn2c1Br. The van der Waals surface area contributed by atoms with Gasteiger partial charge in [-0.3, -0.25) is 4.98 Å². The molecule has 1 fully saturated rings. The maximum atomic E-state index is 13.5. The highest BCUT2D eigenvalue weighted by atomic mass is 79.9. The van der Waals surface area contributed by atoms with Crippen LogP contribution in [0.5, 0.6) is 0 Å². The molecule has 0 atom stereocenters. The summed E-state index contributed by atoms with van der Waals surface area (Å²) >= 11 is 3.57. The van der Waals surface area contributed by atoms with Crippen molar-refractivity contribution in [2.75, 3.05) is 18.0 Å². The van der Waals surface area contributed by atoms with Crippen LogP contribution in [0.3, 0.4) is 0 Å². The largest absolute Gasteiger partial charge is 0.355 e. The molecule has 0 amide bonds. The Morgan fingerprint density at radius 1 is 1.23 bits per heavy atom. The van der Waals surface area contributed by atoms with Gasteiger partial charge in [0, 0.05) is 18.8 Å². The first kappa shape index (κ1) is 16.2. The molecule has 134 valence electrons. The first-order valence-corrected chi connectivity index (χ1v) is 9.72. The second kappa shape index (κ2) is 5.74. The summed E-state index contributed by atoms with van der Waals surface area (Å²) in [4.78, 5) is 11.5. The number of nitrogens with zero attached hydrogens (tertiary/aromatic N) is 5. The zero-order valence-electron chi connectivity index (χ0n) is 14.5. The van der Waals surface area contributed by atoms with Crippen LogP contribution in [-0.4, -0.2) is 32.7 Å². The van der Waals surface area contributed by atoms with Crippen LogP contribution in [0.4, 0.5) is 10.2 Å². The fourth-order valence-corrected chi connectivity index (χ4v) is 4.84. The normalized spacial score (nSPS) is 18.7. The average Bonchev–Trinajstić information content (AvgIpc) is 3.24. The van der Waals surface area contributed by atoms with Crippen molar-refractivity contribution in [3.05, 3.63) is 51.9 Å². The van der Waals surface area contributed by atoms with E-state index < -0.39 is 0 Å². The van der Waals surface area contributed by atoms with Crippen LogP contribution in [-0.2, 0) is 12.8 Å². The second-order valence-corrected chi connectivity index (χ2v) is 8.29. The molecule has 26 heavy (non-hydrogen) atoms. The summed E-state index contributed by atoms with van der Waals surface area (Å²) in [7, 11) is 0. The van der Waals surface area contributed by atoms with E-state index in [1.54, 1.807) is 6.07 Å². The molecular weight excluding hydrogens is 397 g/mol. The van der Waals surface area contributed by atoms with Crippen molar-refractivity contribution in [2.45, 2.75) is 32.6 Å². The molecule has 3 aromatic heterocycles. The van der Waals surface area contributed by atoms with Gasteiger partial charge >= 0.3 is 0 Å². The van der Waals surface area contributed by atoms with Crippen LogP contribution >= 0.6 is 15.9 Å². The Morgan fingerprint density at radius 2 is 2.04 bits per heavy atom. The van der Waals surface area contributed by atoms with E-state index in [9.17, 15) is 4.39 Å². The van der Waals surface area contributed by atoms with Gasteiger partial charge in [-0.2, -0.15) is 5.10 Å². The Morgan fingerprint density at radius 3 is 2.85 bits per heavy atom. The summed E-state index contributed by atoms with van der Waals surface area (Å²) in [5.41, 5.74) is 4.35. The predicted octanol–water partition coefficient (Wildman–Crippen LogP) is 3.72. The van der Waals surface area contributed by atoms with Gasteiger partial charge in [0.25, 0.3) is 0 Å². The number of aryl methyl sites for hydroxylation is 1. The Bertz CT molecular complexity index is 1010. The van der Waals surface area contributed by atoms with Crippen molar-refractivity contribution in [1.29, 1.82) is 0 Å². The van der Waals surface area contributed by atoms with Crippen molar-refractivity contribution in [2.24, 2.45) is 5.41 Å². The summed E-state index contributed by atoms with van der Waals surface area (Å²) < 4.78 is 16.3. The van der Waals surface area contributed by atoms with Crippen LogP contribution < -0.4 is 4.90 Å². The number of halogens is 2. The van der Waals surface area contributed by atoms with Crippen molar-refractivity contribution in [3.8, 4) is 0 Å². The molecule has 0 unspecified atom stereocenters. The first-order chi connectivity index (χ1) is 12.5. The van der Waals surface area contributed by atoms with Crippen LogP contribution in [0.2, 0.25) is 0 Å². The Balaban J connectivity index is 1.40. The lowest BCUT2D eigenvalue weighted by molar-refractivity contribution is 0.231. The van der Waals surface area contributed by atoms with Gasteiger partial charge in [-0.15, -0.1) is 0 Å². The molecule has 1 saturated heterocycles. The molecule has 1 aliphatic carbocycles. The van der Waals surface area contributed by atoms with Crippen molar-refractivity contribution in [3.63, 3.8) is 0 Å². The number of rotatable bonds is 1. The molecule has 1 spiro atoms. The number of piperidine rings is 1. The van der Waals surface area contributed by atoms with E-state index in [0.29, 0.717) is 0 Å². The summed E-state index contributed by atoms with van der Waals surface area (Å²) in [6.45, 7) is 3.89. The highest BCUT2D eigenvalue weighted by molar-refractivity contribution is 9.10. The fraction of sp³-hybridized carbons (Fsp3) is 0.421. The van der Waals surface area contributed by atoms with E-state index in [2.05, 4.69) is 30.9 Å². The van der Waals surface area contributed by atoms with Gasteiger partial charge in [0.2, 0.25) is 0 Å². The van der Waals surface area contributed by atoms with Gasteiger partial charge in [-0.1, -0.05) is 0 Å². The van der Waals surface area contributed by atoms with Gasteiger partial charge in [0.1, 0.15) is 15.9 Å². The molecule has 5 rings (SSSR count). The quantitative estimate of drug-likeness (QED) is 0.607. The highest BCUT2D eigenvalue weighted by Gasteiger charge is 2.41. The van der Waals surface area contributed by atoms with Gasteiger partial charge in [0.15, 0.2) is 5.82 Å². The number of pyridine rings is 1. The smallest absolute Gasteiger partial charge is 0.155 e. The number of fused-ring (bicyclic) bond motifs is 2. The molecule has 3 aromatic rings. The third-order valence-corrected chi connectivity index (χ3v) is 6.80. The minimum Gasteiger partial charge on any atom is -0.355 e. The molecule has 5 nitrogen and oxygen atoms in total. The molecule has 0 N–H and O–H groups in total. The third kappa shape index (κ3) is 2.44. The van der Waals surface area contributed by atoms with Crippen molar-refractivity contribution >= 4 is 27.3 Å². The maximum absolute atomic E-state index is 13.5. The number of hydrogen-bond acceptors (Lipinski definition) is 4. The molecule has 4 heterocycles. The van der Waals surface area contributed by atoms with E-state index in [-0.39, 0.29) is 11.2 Å². The Kier molecular flexibility index (Phi) is 3.57. The molecule has 0 aromatic carbocycles. The Hall–Kier alpha value is -2.02. The molecule has 1 aliphatic heterocycles. The number of hydrogen-bond donors (Lipinski definition) is 0. The average molecular weight is 416 g/mol. The fourth-order valence-electron chi connectivity index (χ4n) is 4.47. The molecule has 0 saturated carbocycles. The van der Waals surface area contributed by atoms with E-state index in [1.807, 2.05) is 23.7 Å². The molecule has 0 radical (unpaired) electrons. The zero-order chi connectivity index (χ0) is 17.9. The van der Waals surface area contributed by atoms with E-state index in [4.69, 9.17) is 4.98 Å². The minimum atomic E-state index is -0.226. The third-order valence-electron chi connectivity index (χ3n) is 5.89. The second-order valence-electron chi connectivity index (χ2n) is 7.54. The van der Waals surface area contributed by atoms with Crippen molar-refractivity contribution in [1.82, 2.24) is 19.6 Å². The topological polar surface area (TPSA) is 46.3 Å². The standard InChI is InChI=1S/C19H19BrFN5/c1-12-17(20)26-16(2-5-23-26)18(24-12)25-6-3-19(4-7-25)9-13-8-14(21)11-22-15(13)10-19/h2,5,8,11H,3-4,6-7,9-10H2,1H3. The van der Waals surface area contributed by atoms with Crippen LogP contribution in [0, 0.1) is 18.2 Å². The molecule has 2 aliphatic rings. The monoisotopic (exact) mass is 415 g/mol. The number of anilines is 1. The lowest BCUT2D eigenvalue weighted by atomic mass is 9.76.